The predicted octanol–water partition coefficient (Wildman–Crippen LogP) is 3.20. The van der Waals surface area contributed by atoms with Crippen LogP contribution in [-0.2, 0) is 4.79 Å². The number of hydrogen-bond acceptors (Lipinski definition) is 2. The van der Waals surface area contributed by atoms with Crippen molar-refractivity contribution in [2.24, 2.45) is 5.92 Å². The third-order valence-corrected chi connectivity index (χ3v) is 3.73. The second-order valence-corrected chi connectivity index (χ2v) is 5.47. The van der Waals surface area contributed by atoms with E-state index in [0.29, 0.717) is 10.9 Å². The lowest BCUT2D eigenvalue weighted by atomic mass is 9.96. The molecule has 0 spiro atoms. The van der Waals surface area contributed by atoms with Crippen LogP contribution in [0.1, 0.15) is 31.4 Å². The van der Waals surface area contributed by atoms with E-state index in [9.17, 15) is 9.90 Å². The van der Waals surface area contributed by atoms with Gasteiger partial charge in [-0.05, 0) is 43.0 Å². The van der Waals surface area contributed by atoms with Gasteiger partial charge in [0.15, 0.2) is 0 Å². The van der Waals surface area contributed by atoms with Crippen LogP contribution in [0.25, 0.3) is 0 Å². The van der Waals surface area contributed by atoms with E-state index in [-0.39, 0.29) is 0 Å². The average molecular weight is 268 g/mol. The van der Waals surface area contributed by atoms with Crippen LogP contribution in [0, 0.1) is 5.92 Å². The highest BCUT2D eigenvalue weighted by Crippen LogP contribution is 2.27. The Morgan fingerprint density at radius 2 is 2.11 bits per heavy atom. The zero-order chi connectivity index (χ0) is 13.1. The average Bonchev–Trinajstić information content (AvgIpc) is 2.32. The number of piperidine rings is 1. The van der Waals surface area contributed by atoms with Gasteiger partial charge >= 0.3 is 5.97 Å². The number of carbonyl (C=O) groups is 1. The van der Waals surface area contributed by atoms with Gasteiger partial charge in [-0.2, -0.15) is 0 Å². The highest BCUT2D eigenvalue weighted by molar-refractivity contribution is 6.30. The van der Waals surface area contributed by atoms with Crippen LogP contribution in [0.3, 0.4) is 0 Å². The molecule has 2 unspecified atom stereocenters. The van der Waals surface area contributed by atoms with Crippen LogP contribution in [0.15, 0.2) is 24.3 Å². The number of benzene rings is 1. The summed E-state index contributed by atoms with van der Waals surface area (Å²) in [6.45, 7) is 3.87. The Morgan fingerprint density at radius 1 is 1.44 bits per heavy atom. The summed E-state index contributed by atoms with van der Waals surface area (Å²) in [6.07, 6.45) is 2.25. The Bertz CT molecular complexity index is 418. The number of nitrogens with zero attached hydrogens (tertiary/aromatic N) is 1. The van der Waals surface area contributed by atoms with Crippen molar-refractivity contribution in [2.75, 3.05) is 13.1 Å². The van der Waals surface area contributed by atoms with Crippen LogP contribution < -0.4 is 0 Å². The van der Waals surface area contributed by atoms with Crippen molar-refractivity contribution in [1.82, 2.24) is 4.90 Å². The van der Waals surface area contributed by atoms with Crippen molar-refractivity contribution in [3.63, 3.8) is 0 Å². The molecule has 1 N–H and O–H groups in total. The van der Waals surface area contributed by atoms with Crippen molar-refractivity contribution < 1.29 is 9.90 Å². The summed E-state index contributed by atoms with van der Waals surface area (Å²) in [5.41, 5.74) is 0.806. The summed E-state index contributed by atoms with van der Waals surface area (Å²) in [5.74, 6) is -0.223. The lowest BCUT2D eigenvalue weighted by molar-refractivity contribution is -0.144. The number of hydrogen-bond donors (Lipinski definition) is 1. The van der Waals surface area contributed by atoms with E-state index in [0.717, 1.165) is 25.1 Å². The zero-order valence-corrected chi connectivity index (χ0v) is 11.2. The smallest absolute Gasteiger partial charge is 0.325 e. The van der Waals surface area contributed by atoms with E-state index in [2.05, 4.69) is 11.8 Å². The minimum absolute atomic E-state index is 0.551. The predicted molar refractivity (Wildman–Crippen MR) is 71.8 cm³/mol. The Labute approximate surface area is 112 Å². The molecule has 1 saturated heterocycles. The van der Waals surface area contributed by atoms with Crippen LogP contribution in [0.2, 0.25) is 5.02 Å². The first-order valence-electron chi connectivity index (χ1n) is 6.30. The lowest BCUT2D eigenvalue weighted by Crippen LogP contribution is -2.40. The van der Waals surface area contributed by atoms with Crippen LogP contribution >= 0.6 is 11.6 Å². The van der Waals surface area contributed by atoms with Gasteiger partial charge in [-0.1, -0.05) is 30.7 Å². The molecular formula is C14H18ClNO2. The van der Waals surface area contributed by atoms with E-state index < -0.39 is 12.0 Å². The number of halogens is 1. The normalized spacial score (nSPS) is 22.7. The first kappa shape index (κ1) is 13.4. The molecular weight excluding hydrogens is 250 g/mol. The van der Waals surface area contributed by atoms with Gasteiger partial charge in [0.1, 0.15) is 6.04 Å². The van der Waals surface area contributed by atoms with Gasteiger partial charge in [-0.25, -0.2) is 0 Å². The van der Waals surface area contributed by atoms with Crippen molar-refractivity contribution in [3.05, 3.63) is 34.9 Å². The van der Waals surface area contributed by atoms with Crippen molar-refractivity contribution in [3.8, 4) is 0 Å². The molecule has 2 atom stereocenters. The number of rotatable bonds is 3. The summed E-state index contributed by atoms with van der Waals surface area (Å²) in [7, 11) is 0. The van der Waals surface area contributed by atoms with Gasteiger partial charge in [0.2, 0.25) is 0 Å². The summed E-state index contributed by atoms with van der Waals surface area (Å²) in [5, 5.41) is 10.1. The van der Waals surface area contributed by atoms with Gasteiger partial charge in [-0.15, -0.1) is 0 Å². The second kappa shape index (κ2) is 5.72. The Kier molecular flexibility index (Phi) is 4.25. The van der Waals surface area contributed by atoms with Gasteiger partial charge in [0, 0.05) is 11.6 Å². The summed E-state index contributed by atoms with van der Waals surface area (Å²) in [4.78, 5) is 13.6. The second-order valence-electron chi connectivity index (χ2n) is 5.03. The van der Waals surface area contributed by atoms with Crippen LogP contribution in [0.4, 0.5) is 0 Å². The quantitative estimate of drug-likeness (QED) is 0.914. The first-order valence-corrected chi connectivity index (χ1v) is 6.68. The highest BCUT2D eigenvalue weighted by Gasteiger charge is 2.30. The third-order valence-electron chi connectivity index (χ3n) is 3.47. The number of carboxylic acid groups (broad SMARTS) is 1. The molecule has 1 aliphatic heterocycles. The number of carboxylic acids is 1. The largest absolute Gasteiger partial charge is 0.480 e. The molecule has 98 valence electrons. The van der Waals surface area contributed by atoms with E-state index in [4.69, 9.17) is 11.6 Å². The Balaban J connectivity index is 2.22. The maximum atomic E-state index is 11.5. The molecule has 1 aromatic rings. The number of likely N-dealkylation sites (tertiary alicyclic amines) is 1. The molecule has 2 rings (SSSR count). The van der Waals surface area contributed by atoms with E-state index in [1.165, 1.54) is 6.42 Å². The molecule has 1 aliphatic rings. The highest BCUT2D eigenvalue weighted by atomic mass is 35.5. The monoisotopic (exact) mass is 267 g/mol. The molecule has 18 heavy (non-hydrogen) atoms. The van der Waals surface area contributed by atoms with Crippen LogP contribution in [0.5, 0.6) is 0 Å². The molecule has 1 aromatic carbocycles. The van der Waals surface area contributed by atoms with Gasteiger partial charge in [-0.3, -0.25) is 9.69 Å². The van der Waals surface area contributed by atoms with E-state index >= 15 is 0 Å². The molecule has 3 nitrogen and oxygen atoms in total. The molecule has 4 heteroatoms. The van der Waals surface area contributed by atoms with Crippen molar-refractivity contribution in [1.29, 1.82) is 0 Å². The SMILES string of the molecule is CC1CCCN(C(C(=O)O)c2ccc(Cl)cc2)C1. The fraction of sp³-hybridized carbons (Fsp3) is 0.500. The maximum Gasteiger partial charge on any atom is 0.325 e. The summed E-state index contributed by atoms with van der Waals surface area (Å²) in [6, 6.07) is 6.56. The topological polar surface area (TPSA) is 40.5 Å². The maximum absolute atomic E-state index is 11.5. The molecule has 0 bridgehead atoms. The fourth-order valence-corrected chi connectivity index (χ4v) is 2.74. The molecule has 0 aromatic heterocycles. The van der Waals surface area contributed by atoms with Crippen molar-refractivity contribution >= 4 is 17.6 Å². The van der Waals surface area contributed by atoms with Gasteiger partial charge in [0.25, 0.3) is 0 Å². The lowest BCUT2D eigenvalue weighted by Gasteiger charge is -2.35. The van der Waals surface area contributed by atoms with Crippen LogP contribution in [-0.4, -0.2) is 29.1 Å². The molecule has 0 aliphatic carbocycles. The first-order chi connectivity index (χ1) is 8.58. The molecule has 1 fully saturated rings. The minimum atomic E-state index is -0.786. The van der Waals surface area contributed by atoms with E-state index in [1.807, 2.05) is 0 Å². The molecule has 1 heterocycles. The van der Waals surface area contributed by atoms with Gasteiger partial charge < -0.3 is 5.11 Å². The van der Waals surface area contributed by atoms with Gasteiger partial charge in [0.05, 0.1) is 0 Å². The third kappa shape index (κ3) is 3.03. The standard InChI is InChI=1S/C14H18ClNO2/c1-10-3-2-8-16(9-10)13(14(17)18)11-4-6-12(15)7-5-11/h4-7,10,13H,2-3,8-9H2,1H3,(H,17,18). The van der Waals surface area contributed by atoms with Crippen molar-refractivity contribution in [2.45, 2.75) is 25.8 Å². The Morgan fingerprint density at radius 3 is 2.67 bits per heavy atom. The van der Waals surface area contributed by atoms with E-state index in [1.54, 1.807) is 24.3 Å². The summed E-state index contributed by atoms with van der Waals surface area (Å²) < 4.78 is 0. The number of aliphatic carboxylic acids is 1. The molecule has 0 radical (unpaired) electrons. The Hall–Kier alpha value is -1.06. The molecule has 0 saturated carbocycles. The zero-order valence-electron chi connectivity index (χ0n) is 10.5. The minimum Gasteiger partial charge on any atom is -0.480 e. The fourth-order valence-electron chi connectivity index (χ4n) is 2.61. The summed E-state index contributed by atoms with van der Waals surface area (Å²) >= 11 is 5.84. The molecule has 0 amide bonds.